The van der Waals surface area contributed by atoms with Crippen LogP contribution >= 0.6 is 12.4 Å². The topological polar surface area (TPSA) is 90.2 Å². The Labute approximate surface area is 228 Å². The Kier molecular flexibility index (Phi) is 11.2. The molecule has 6 nitrogen and oxygen atoms in total. The van der Waals surface area contributed by atoms with Crippen LogP contribution in [0.25, 0.3) is 11.5 Å². The van der Waals surface area contributed by atoms with E-state index in [4.69, 9.17) is 14.1 Å². The maximum Gasteiger partial charge on any atom is 0.226 e. The van der Waals surface area contributed by atoms with E-state index >= 15 is 0 Å². The molecule has 0 bridgehead atoms. The number of aromatic hydroxyl groups is 1. The number of halogens is 1. The number of aromatic nitrogens is 1. The molecular weight excluding hydrogens is 488 g/mol. The van der Waals surface area contributed by atoms with Crippen LogP contribution in [0.5, 0.6) is 11.5 Å². The Morgan fingerprint density at radius 3 is 2.00 bits per heavy atom. The van der Waals surface area contributed by atoms with Crippen molar-refractivity contribution in [3.8, 4) is 23.0 Å². The number of hydrogen-bond acceptors (Lipinski definition) is 5. The van der Waals surface area contributed by atoms with E-state index < -0.39 is 0 Å². The zero-order valence-electron chi connectivity index (χ0n) is 23.9. The minimum absolute atomic E-state index is 0. The molecule has 3 aromatic rings. The van der Waals surface area contributed by atoms with Crippen LogP contribution in [0.3, 0.4) is 0 Å². The van der Waals surface area contributed by atoms with Gasteiger partial charge >= 0.3 is 0 Å². The third-order valence-corrected chi connectivity index (χ3v) is 6.39. The lowest BCUT2D eigenvalue weighted by molar-refractivity contribution is 0.319. The van der Waals surface area contributed by atoms with Gasteiger partial charge in [0.2, 0.25) is 5.89 Å². The van der Waals surface area contributed by atoms with Crippen LogP contribution in [0.2, 0.25) is 0 Å². The van der Waals surface area contributed by atoms with Gasteiger partial charge in [0.05, 0.1) is 12.3 Å². The van der Waals surface area contributed by atoms with Gasteiger partial charge in [-0.05, 0) is 61.2 Å². The minimum atomic E-state index is -0.208. The summed E-state index contributed by atoms with van der Waals surface area (Å²) in [4.78, 5) is 7.08. The van der Waals surface area contributed by atoms with Gasteiger partial charge in [0.15, 0.2) is 0 Å². The third-order valence-electron chi connectivity index (χ3n) is 6.39. The zero-order chi connectivity index (χ0) is 26.0. The van der Waals surface area contributed by atoms with Crippen LogP contribution < -0.4 is 4.74 Å². The molecule has 0 unspecified atom stereocenters. The molecule has 1 aromatic heterocycles. The first-order valence-corrected chi connectivity index (χ1v) is 12.5. The molecule has 3 rings (SSSR count). The van der Waals surface area contributed by atoms with Gasteiger partial charge in [-0.25, -0.2) is 4.98 Å². The fourth-order valence-corrected chi connectivity index (χ4v) is 4.06. The smallest absolute Gasteiger partial charge is 0.226 e. The molecule has 0 aliphatic heterocycles. The van der Waals surface area contributed by atoms with Crippen LogP contribution in [0.15, 0.2) is 40.8 Å². The molecule has 37 heavy (non-hydrogen) atoms. The molecule has 0 amide bonds. The standard InChI is InChI=1S/C30H42N2O3.ClH.H2O/c1-10-32(9)19-21-11-13-23(14-12-21)34-16-15-26-20(2)35-28(31-26)22-17-24(29(3,4)5)27(33)25(18-22)30(6,7)8;;/h11-14,17-18,33H,10,15-16,19H2,1-9H3;1H;1H2. The highest BCUT2D eigenvalue weighted by atomic mass is 35.5. The highest BCUT2D eigenvalue weighted by molar-refractivity contribution is 5.85. The monoisotopic (exact) mass is 532 g/mol. The van der Waals surface area contributed by atoms with Crippen molar-refractivity contribution in [2.75, 3.05) is 20.2 Å². The summed E-state index contributed by atoms with van der Waals surface area (Å²) in [7, 11) is 2.12. The molecule has 0 aliphatic rings. The van der Waals surface area contributed by atoms with Crippen LogP contribution in [0.1, 0.15) is 76.6 Å². The first-order chi connectivity index (χ1) is 16.3. The normalized spacial score (nSPS) is 11.7. The van der Waals surface area contributed by atoms with Gasteiger partial charge in [-0.3, -0.25) is 0 Å². The average molecular weight is 533 g/mol. The van der Waals surface area contributed by atoms with Crippen molar-refractivity contribution in [1.29, 1.82) is 0 Å². The van der Waals surface area contributed by atoms with E-state index in [-0.39, 0.29) is 28.7 Å². The minimum Gasteiger partial charge on any atom is -0.507 e. The maximum absolute atomic E-state index is 11.0. The highest BCUT2D eigenvalue weighted by Crippen LogP contribution is 2.42. The van der Waals surface area contributed by atoms with Gasteiger partial charge in [-0.2, -0.15) is 0 Å². The zero-order valence-corrected chi connectivity index (χ0v) is 24.7. The lowest BCUT2D eigenvalue weighted by atomic mass is 9.78. The number of aryl methyl sites for hydroxylation is 1. The van der Waals surface area contributed by atoms with Crippen molar-refractivity contribution >= 4 is 12.4 Å². The summed E-state index contributed by atoms with van der Waals surface area (Å²) >= 11 is 0. The van der Waals surface area contributed by atoms with Gasteiger partial charge < -0.3 is 24.6 Å². The van der Waals surface area contributed by atoms with Crippen LogP contribution in [-0.4, -0.2) is 40.7 Å². The quantitative estimate of drug-likeness (QED) is 0.352. The van der Waals surface area contributed by atoms with Crippen molar-refractivity contribution in [2.24, 2.45) is 0 Å². The van der Waals surface area contributed by atoms with E-state index in [0.717, 1.165) is 47.0 Å². The third kappa shape index (κ3) is 8.22. The van der Waals surface area contributed by atoms with Crippen molar-refractivity contribution in [2.45, 2.75) is 79.2 Å². The lowest BCUT2D eigenvalue weighted by Crippen LogP contribution is -2.17. The number of rotatable bonds is 8. The Bertz CT molecular complexity index is 1110. The van der Waals surface area contributed by atoms with Gasteiger partial charge in [0, 0.05) is 29.7 Å². The second-order valence-electron chi connectivity index (χ2n) is 11.5. The van der Waals surface area contributed by atoms with Crippen molar-refractivity contribution in [1.82, 2.24) is 9.88 Å². The van der Waals surface area contributed by atoms with Crippen LogP contribution in [0.4, 0.5) is 0 Å². The summed E-state index contributed by atoms with van der Waals surface area (Å²) in [5.41, 5.74) is 4.43. The van der Waals surface area contributed by atoms with E-state index in [9.17, 15) is 5.11 Å². The number of oxazole rings is 1. The summed E-state index contributed by atoms with van der Waals surface area (Å²) < 4.78 is 12.1. The number of ether oxygens (including phenoxy) is 1. The van der Waals surface area contributed by atoms with E-state index in [1.54, 1.807) is 0 Å². The first kappa shape index (κ1) is 32.5. The Balaban J connectivity index is 0.00000342. The molecule has 0 fully saturated rings. The molecule has 206 valence electrons. The van der Waals surface area contributed by atoms with Gasteiger partial charge in [-0.15, -0.1) is 12.4 Å². The molecule has 0 aliphatic carbocycles. The van der Waals surface area contributed by atoms with Crippen molar-refractivity contribution in [3.05, 3.63) is 64.5 Å². The van der Waals surface area contributed by atoms with Crippen molar-refractivity contribution < 1.29 is 19.7 Å². The molecule has 2 aromatic carbocycles. The predicted octanol–water partition coefficient (Wildman–Crippen LogP) is 6.62. The number of phenolic OH excluding ortho intramolecular Hbond substituents is 1. The van der Waals surface area contributed by atoms with E-state index in [2.05, 4.69) is 72.5 Å². The fourth-order valence-electron chi connectivity index (χ4n) is 4.06. The summed E-state index contributed by atoms with van der Waals surface area (Å²) in [6.07, 6.45) is 0.659. The first-order valence-electron chi connectivity index (χ1n) is 12.5. The Hall–Kier alpha value is -2.54. The summed E-state index contributed by atoms with van der Waals surface area (Å²) in [6, 6.07) is 12.3. The largest absolute Gasteiger partial charge is 0.507 e. The summed E-state index contributed by atoms with van der Waals surface area (Å²) in [5.74, 6) is 2.59. The molecule has 0 saturated heterocycles. The Morgan fingerprint density at radius 1 is 0.973 bits per heavy atom. The number of nitrogens with zero attached hydrogens (tertiary/aromatic N) is 2. The fraction of sp³-hybridized carbons (Fsp3) is 0.500. The highest BCUT2D eigenvalue weighted by Gasteiger charge is 2.28. The summed E-state index contributed by atoms with van der Waals surface area (Å²) in [6.45, 7) is 19.2. The summed E-state index contributed by atoms with van der Waals surface area (Å²) in [5, 5.41) is 11.0. The second-order valence-corrected chi connectivity index (χ2v) is 11.5. The molecule has 0 spiro atoms. The van der Waals surface area contributed by atoms with Gasteiger partial charge in [0.1, 0.15) is 17.3 Å². The maximum atomic E-state index is 11.0. The predicted molar refractivity (Wildman–Crippen MR) is 154 cm³/mol. The van der Waals surface area contributed by atoms with Crippen LogP contribution in [-0.2, 0) is 23.8 Å². The van der Waals surface area contributed by atoms with Crippen molar-refractivity contribution in [3.63, 3.8) is 0 Å². The van der Waals surface area contributed by atoms with E-state index in [1.807, 2.05) is 31.2 Å². The number of benzene rings is 2. The SMILES string of the molecule is CCN(C)Cc1ccc(OCCc2nc(-c3cc(C(C)(C)C)c(O)c(C(C)(C)C)c3)oc2C)cc1.Cl.O. The molecule has 0 radical (unpaired) electrons. The van der Waals surface area contributed by atoms with Gasteiger partial charge in [-0.1, -0.05) is 60.6 Å². The van der Waals surface area contributed by atoms with E-state index in [1.165, 1.54) is 5.56 Å². The molecule has 0 saturated carbocycles. The average Bonchev–Trinajstić information content (AvgIpc) is 3.13. The molecule has 0 atom stereocenters. The van der Waals surface area contributed by atoms with Gasteiger partial charge in [0.25, 0.3) is 0 Å². The lowest BCUT2D eigenvalue weighted by Gasteiger charge is -2.27. The molecule has 1 heterocycles. The Morgan fingerprint density at radius 2 is 1.51 bits per heavy atom. The number of phenols is 1. The molecule has 7 heteroatoms. The van der Waals surface area contributed by atoms with E-state index in [0.29, 0.717) is 24.7 Å². The molecular formula is C30H45ClN2O4. The van der Waals surface area contributed by atoms with Crippen LogP contribution in [0, 0.1) is 6.92 Å². The number of hydrogen-bond donors (Lipinski definition) is 1. The molecule has 3 N–H and O–H groups in total. The second kappa shape index (κ2) is 12.8.